The zero-order chi connectivity index (χ0) is 15.9. The van der Waals surface area contributed by atoms with Crippen molar-refractivity contribution in [1.82, 2.24) is 5.16 Å². The van der Waals surface area contributed by atoms with Crippen molar-refractivity contribution in [2.24, 2.45) is 0 Å². The van der Waals surface area contributed by atoms with Gasteiger partial charge in [0.2, 0.25) is 5.88 Å². The number of aromatic nitrogens is 1. The molecule has 0 fully saturated rings. The van der Waals surface area contributed by atoms with Crippen molar-refractivity contribution >= 4 is 17.7 Å². The topological polar surface area (TPSA) is 81.6 Å². The number of hydrogen-bond donors (Lipinski definition) is 1. The quantitative estimate of drug-likeness (QED) is 0.874. The molecule has 22 heavy (non-hydrogen) atoms. The molecule has 1 aromatic heterocycles. The van der Waals surface area contributed by atoms with E-state index in [-0.39, 0.29) is 12.0 Å². The van der Waals surface area contributed by atoms with Gasteiger partial charge in [-0.15, -0.1) is 0 Å². The molecule has 3 rings (SSSR count). The van der Waals surface area contributed by atoms with Gasteiger partial charge in [-0.1, -0.05) is 11.2 Å². The van der Waals surface area contributed by atoms with E-state index in [2.05, 4.69) is 5.16 Å². The number of fused-ring (bicyclic) bond motifs is 1. The first kappa shape index (κ1) is 14.4. The summed E-state index contributed by atoms with van der Waals surface area (Å²) in [6.45, 7) is 6.20. The first-order valence-corrected chi connectivity index (χ1v) is 7.19. The molecule has 1 amide bonds. The van der Waals surface area contributed by atoms with E-state index in [1.54, 1.807) is 11.0 Å². The maximum absolute atomic E-state index is 12.2. The predicted molar refractivity (Wildman–Crippen MR) is 83.6 cm³/mol. The van der Waals surface area contributed by atoms with Crippen LogP contribution in [-0.2, 0) is 11.2 Å². The van der Waals surface area contributed by atoms with Gasteiger partial charge >= 0.3 is 6.09 Å². The van der Waals surface area contributed by atoms with Crippen LogP contribution in [-0.4, -0.2) is 23.4 Å². The Morgan fingerprint density at radius 1 is 1.36 bits per heavy atom. The van der Waals surface area contributed by atoms with Gasteiger partial charge in [0.05, 0.1) is 5.69 Å². The van der Waals surface area contributed by atoms with Gasteiger partial charge in [-0.05, 0) is 44.9 Å². The second kappa shape index (κ2) is 5.05. The number of amides is 1. The van der Waals surface area contributed by atoms with E-state index >= 15 is 0 Å². The highest BCUT2D eigenvalue weighted by atomic mass is 16.6. The molecule has 2 N–H and O–H groups in total. The number of carbonyl (C=O) groups excluding carboxylic acids is 1. The summed E-state index contributed by atoms with van der Waals surface area (Å²) in [4.78, 5) is 13.9. The molecule has 2 heterocycles. The summed E-state index contributed by atoms with van der Waals surface area (Å²) in [5, 5.41) is 3.91. The number of hydrogen-bond acceptors (Lipinski definition) is 5. The number of nitrogens with zero attached hydrogens (tertiary/aromatic N) is 2. The van der Waals surface area contributed by atoms with Crippen LogP contribution in [0.3, 0.4) is 0 Å². The first-order chi connectivity index (χ1) is 10.3. The Kier molecular flexibility index (Phi) is 3.31. The number of ether oxygens (including phenoxy) is 1. The van der Waals surface area contributed by atoms with Crippen LogP contribution < -0.4 is 10.6 Å². The van der Waals surface area contributed by atoms with Crippen LogP contribution in [0.15, 0.2) is 28.8 Å². The van der Waals surface area contributed by atoms with E-state index in [0.29, 0.717) is 12.2 Å². The van der Waals surface area contributed by atoms with Crippen LogP contribution in [0.1, 0.15) is 26.3 Å². The van der Waals surface area contributed by atoms with Gasteiger partial charge < -0.3 is 15.0 Å². The summed E-state index contributed by atoms with van der Waals surface area (Å²) >= 11 is 0. The minimum absolute atomic E-state index is 0.283. The van der Waals surface area contributed by atoms with Gasteiger partial charge in [-0.2, -0.15) is 0 Å². The fourth-order valence-electron chi connectivity index (χ4n) is 2.49. The molecular weight excluding hydrogens is 282 g/mol. The van der Waals surface area contributed by atoms with Gasteiger partial charge in [0, 0.05) is 18.2 Å². The lowest BCUT2D eigenvalue weighted by molar-refractivity contribution is 0.0584. The summed E-state index contributed by atoms with van der Waals surface area (Å²) in [6.07, 6.45) is 0.472. The molecule has 6 heteroatoms. The Hall–Kier alpha value is -2.50. The van der Waals surface area contributed by atoms with Crippen LogP contribution in [0.25, 0.3) is 11.3 Å². The minimum atomic E-state index is -0.502. The number of anilines is 2. The van der Waals surface area contributed by atoms with Crippen molar-refractivity contribution in [3.63, 3.8) is 0 Å². The highest BCUT2D eigenvalue weighted by molar-refractivity contribution is 5.91. The van der Waals surface area contributed by atoms with Crippen molar-refractivity contribution in [2.75, 3.05) is 17.2 Å². The number of nitrogens with two attached hydrogens (primary N) is 1. The molecule has 0 radical (unpaired) electrons. The van der Waals surface area contributed by atoms with Crippen LogP contribution in [0.2, 0.25) is 0 Å². The Balaban J connectivity index is 1.85. The van der Waals surface area contributed by atoms with Crippen molar-refractivity contribution in [3.8, 4) is 11.3 Å². The maximum Gasteiger partial charge on any atom is 0.414 e. The molecule has 1 aliphatic rings. The zero-order valence-electron chi connectivity index (χ0n) is 12.9. The highest BCUT2D eigenvalue weighted by Gasteiger charge is 2.29. The van der Waals surface area contributed by atoms with Gasteiger partial charge in [0.15, 0.2) is 0 Å². The molecule has 0 saturated heterocycles. The molecule has 1 aliphatic heterocycles. The molecule has 116 valence electrons. The molecule has 0 bridgehead atoms. The summed E-state index contributed by atoms with van der Waals surface area (Å²) in [5.74, 6) is 0.283. The summed E-state index contributed by atoms with van der Waals surface area (Å²) in [6, 6.07) is 7.50. The number of carbonyl (C=O) groups is 1. The number of benzene rings is 1. The standard InChI is InChI=1S/C16H19N3O3/c1-16(2,3)21-15(20)19-7-6-11-8-10(4-5-13(11)19)12-9-14(17)22-18-12/h4-5,8-9H,6-7,17H2,1-3H3. The number of nitrogen functional groups attached to an aromatic ring is 1. The average molecular weight is 301 g/mol. The monoisotopic (exact) mass is 301 g/mol. The van der Waals surface area contributed by atoms with Crippen molar-refractivity contribution in [2.45, 2.75) is 32.8 Å². The van der Waals surface area contributed by atoms with Crippen LogP contribution in [0.5, 0.6) is 0 Å². The Labute approximate surface area is 128 Å². The predicted octanol–water partition coefficient (Wildman–Crippen LogP) is 3.22. The zero-order valence-corrected chi connectivity index (χ0v) is 12.9. The third-order valence-electron chi connectivity index (χ3n) is 3.41. The Morgan fingerprint density at radius 3 is 2.77 bits per heavy atom. The SMILES string of the molecule is CC(C)(C)OC(=O)N1CCc2cc(-c3cc(N)on3)ccc21. The van der Waals surface area contributed by atoms with E-state index in [4.69, 9.17) is 15.0 Å². The van der Waals surface area contributed by atoms with Gasteiger partial charge in [-0.25, -0.2) is 4.79 Å². The minimum Gasteiger partial charge on any atom is -0.443 e. The summed E-state index contributed by atoms with van der Waals surface area (Å²) in [7, 11) is 0. The normalized spacial score (nSPS) is 14.0. The summed E-state index contributed by atoms with van der Waals surface area (Å²) in [5.41, 5.74) is 8.63. The fraction of sp³-hybridized carbons (Fsp3) is 0.375. The molecule has 0 saturated carbocycles. The second-order valence-corrected chi connectivity index (χ2v) is 6.34. The molecular formula is C16H19N3O3. The van der Waals surface area contributed by atoms with Gasteiger partial charge in [-0.3, -0.25) is 4.90 Å². The van der Waals surface area contributed by atoms with Crippen LogP contribution in [0, 0.1) is 0 Å². The average Bonchev–Trinajstić information content (AvgIpc) is 3.01. The van der Waals surface area contributed by atoms with Gasteiger partial charge in [0.1, 0.15) is 11.3 Å². The third-order valence-corrected chi connectivity index (χ3v) is 3.41. The smallest absolute Gasteiger partial charge is 0.414 e. The second-order valence-electron chi connectivity index (χ2n) is 6.34. The molecule has 0 atom stereocenters. The van der Waals surface area contributed by atoms with Gasteiger partial charge in [0.25, 0.3) is 0 Å². The molecule has 0 spiro atoms. The van der Waals surface area contributed by atoms with Crippen LogP contribution >= 0.6 is 0 Å². The summed E-state index contributed by atoms with van der Waals surface area (Å²) < 4.78 is 10.3. The molecule has 0 aliphatic carbocycles. The van der Waals surface area contributed by atoms with Crippen molar-refractivity contribution in [1.29, 1.82) is 0 Å². The van der Waals surface area contributed by atoms with E-state index in [9.17, 15) is 4.79 Å². The molecule has 0 unspecified atom stereocenters. The van der Waals surface area contributed by atoms with E-state index in [0.717, 1.165) is 23.2 Å². The lowest BCUT2D eigenvalue weighted by Crippen LogP contribution is -2.35. The Morgan fingerprint density at radius 2 is 2.14 bits per heavy atom. The fourth-order valence-corrected chi connectivity index (χ4v) is 2.49. The highest BCUT2D eigenvalue weighted by Crippen LogP contribution is 2.33. The largest absolute Gasteiger partial charge is 0.443 e. The molecule has 2 aromatic rings. The first-order valence-electron chi connectivity index (χ1n) is 7.19. The van der Waals surface area contributed by atoms with Crippen molar-refractivity contribution in [3.05, 3.63) is 29.8 Å². The molecule has 6 nitrogen and oxygen atoms in total. The third kappa shape index (κ3) is 2.77. The van der Waals surface area contributed by atoms with Crippen molar-refractivity contribution < 1.29 is 14.1 Å². The van der Waals surface area contributed by atoms with E-state index in [1.807, 2.05) is 39.0 Å². The van der Waals surface area contributed by atoms with E-state index < -0.39 is 5.60 Å². The maximum atomic E-state index is 12.2. The van der Waals surface area contributed by atoms with Crippen LogP contribution in [0.4, 0.5) is 16.4 Å². The number of rotatable bonds is 1. The lowest BCUT2D eigenvalue weighted by atomic mass is 10.1. The molecule has 1 aromatic carbocycles. The Bertz CT molecular complexity index is 716. The van der Waals surface area contributed by atoms with E-state index in [1.165, 1.54) is 0 Å². The lowest BCUT2D eigenvalue weighted by Gasteiger charge is -2.24.